The maximum atomic E-state index is 14.7. The minimum absolute atomic E-state index is 0.0487. The van der Waals surface area contributed by atoms with Crippen LogP contribution in [-0.2, 0) is 38.4 Å². The Hall–Kier alpha value is -5.58. The van der Waals surface area contributed by atoms with Gasteiger partial charge in [-0.05, 0) is 68.7 Å². The predicted molar refractivity (Wildman–Crippen MR) is 290 cm³/mol. The summed E-state index contributed by atoms with van der Waals surface area (Å²) in [5, 5.41) is 107. The van der Waals surface area contributed by atoms with E-state index in [2.05, 4.69) is 58.0 Å². The molecular formula is C54H90N10O16. The molecule has 17 N–H and O–H groups in total. The van der Waals surface area contributed by atoms with E-state index in [0.717, 1.165) is 67.4 Å². The number of benzene rings is 1. The second-order valence-corrected chi connectivity index (χ2v) is 22.0. The highest BCUT2D eigenvalue weighted by Gasteiger charge is 2.49. The number of unbranched alkanes of at least 4 members (excludes halogenated alkanes) is 5. The van der Waals surface area contributed by atoms with Crippen molar-refractivity contribution in [2.75, 3.05) is 32.7 Å². The third kappa shape index (κ3) is 19.8. The molecule has 3 aliphatic heterocycles. The maximum Gasteiger partial charge on any atom is 0.248 e. The summed E-state index contributed by atoms with van der Waals surface area (Å²) < 4.78 is 0. The molecule has 0 aliphatic carbocycles. The lowest BCUT2D eigenvalue weighted by Gasteiger charge is -2.35. The fourth-order valence-electron chi connectivity index (χ4n) is 10.5. The van der Waals surface area contributed by atoms with Crippen molar-refractivity contribution in [1.29, 1.82) is 0 Å². The Morgan fingerprint density at radius 1 is 0.725 bits per heavy atom. The van der Waals surface area contributed by atoms with Gasteiger partial charge in [-0.3, -0.25) is 43.7 Å². The first-order valence-electron chi connectivity index (χ1n) is 28.2. The first kappa shape index (κ1) is 66.9. The molecule has 0 radical (unpaired) electrons. The van der Waals surface area contributed by atoms with Crippen molar-refractivity contribution in [3.05, 3.63) is 29.8 Å². The molecule has 8 amide bonds. The van der Waals surface area contributed by atoms with Crippen molar-refractivity contribution in [3.8, 4) is 5.75 Å². The van der Waals surface area contributed by atoms with Crippen LogP contribution in [0.1, 0.15) is 136 Å². The molecule has 4 rings (SSSR count). The number of fused-ring (bicyclic) bond motifs is 2. The van der Waals surface area contributed by atoms with Crippen LogP contribution >= 0.6 is 0 Å². The summed E-state index contributed by atoms with van der Waals surface area (Å²) in [6.45, 7) is 7.80. The zero-order chi connectivity index (χ0) is 59.4. The van der Waals surface area contributed by atoms with Crippen LogP contribution in [0.25, 0.3) is 0 Å². The summed E-state index contributed by atoms with van der Waals surface area (Å²) >= 11 is 0. The van der Waals surface area contributed by atoms with Gasteiger partial charge >= 0.3 is 0 Å². The van der Waals surface area contributed by atoms with Gasteiger partial charge in [0.2, 0.25) is 47.3 Å². The molecule has 16 atom stereocenters. The monoisotopic (exact) mass is 1130 g/mol. The van der Waals surface area contributed by atoms with Crippen molar-refractivity contribution in [2.45, 2.75) is 210 Å². The van der Waals surface area contributed by atoms with Crippen molar-refractivity contribution < 1.29 is 79.2 Å². The number of rotatable bonds is 24. The Morgan fingerprint density at radius 2 is 1.35 bits per heavy atom. The van der Waals surface area contributed by atoms with E-state index < -0.39 is 152 Å². The fraction of sp³-hybridized carbons (Fsp3) is 0.741. The smallest absolute Gasteiger partial charge is 0.248 e. The number of phenolic OH excluding ortho intramolecular Hbond substituents is 1. The first-order chi connectivity index (χ1) is 37.9. The van der Waals surface area contributed by atoms with Crippen LogP contribution in [0.5, 0.6) is 5.75 Å². The Morgan fingerprint density at radius 3 is 1.99 bits per heavy atom. The van der Waals surface area contributed by atoms with Gasteiger partial charge in [0.1, 0.15) is 60.4 Å². The molecule has 3 heterocycles. The van der Waals surface area contributed by atoms with Crippen molar-refractivity contribution in [3.63, 3.8) is 0 Å². The molecule has 80 heavy (non-hydrogen) atoms. The van der Waals surface area contributed by atoms with Crippen molar-refractivity contribution >= 4 is 47.3 Å². The lowest BCUT2D eigenvalue weighted by Crippen LogP contribution is -2.65. The van der Waals surface area contributed by atoms with Crippen LogP contribution in [-0.4, -0.2) is 210 Å². The highest BCUT2D eigenvalue weighted by atomic mass is 16.3. The molecular weight excluding hydrogens is 1040 g/mol. The van der Waals surface area contributed by atoms with E-state index >= 15 is 0 Å². The topological polar surface area (TPSA) is 415 Å². The first-order valence-corrected chi connectivity index (χ1v) is 28.2. The average molecular weight is 1140 g/mol. The Bertz CT molecular complexity index is 2190. The van der Waals surface area contributed by atoms with Gasteiger partial charge < -0.3 is 88.3 Å². The van der Waals surface area contributed by atoms with E-state index in [-0.39, 0.29) is 56.8 Å². The largest absolute Gasteiger partial charge is 0.508 e. The second-order valence-electron chi connectivity index (χ2n) is 22.0. The van der Waals surface area contributed by atoms with Gasteiger partial charge in [-0.25, -0.2) is 0 Å². The van der Waals surface area contributed by atoms with Crippen LogP contribution in [0.4, 0.5) is 0 Å². The summed E-state index contributed by atoms with van der Waals surface area (Å²) in [4.78, 5) is 114. The minimum atomic E-state index is -2.30. The summed E-state index contributed by atoms with van der Waals surface area (Å²) in [5.74, 6) is -7.04. The van der Waals surface area contributed by atoms with Crippen LogP contribution < -0.4 is 43.0 Å². The summed E-state index contributed by atoms with van der Waals surface area (Å²) in [7, 11) is 0. The summed E-state index contributed by atoms with van der Waals surface area (Å²) in [5.41, 5.74) is 5.70. The normalized spacial score (nSPS) is 27.9. The van der Waals surface area contributed by atoms with Crippen LogP contribution in [0.3, 0.4) is 0 Å². The number of aliphatic hydroxyl groups is 7. The highest BCUT2D eigenvalue weighted by molar-refractivity contribution is 5.98. The molecule has 3 aliphatic rings. The van der Waals surface area contributed by atoms with Gasteiger partial charge in [-0.1, -0.05) is 77.8 Å². The SMILES string of the molecule is CCC(C)CC(C)CCCCCCCCC(=O)N[C@H]1C[C@@H](O)[C@@H](NCCNC(C)=O)NC(=O)[C@@H]2[C@@H](O)CCN2C(=O)[C@H]([C@H](O)CCN)NC(=O)[C@H]([C@H](O)[C@@H](O)c2ccc(O)cc2)NC(=O)[C@@H]2C[C@@H](O)CN2C(=O)[C@H]([C@@H](C)O)NC1=O. The molecule has 1 aromatic rings. The number of nitrogens with two attached hydrogens (primary N) is 1. The fourth-order valence-corrected chi connectivity index (χ4v) is 10.5. The van der Waals surface area contributed by atoms with E-state index in [1.165, 1.54) is 25.5 Å². The molecule has 1 aromatic carbocycles. The van der Waals surface area contributed by atoms with E-state index in [4.69, 9.17) is 5.73 Å². The molecule has 26 nitrogen and oxygen atoms in total. The molecule has 0 bridgehead atoms. The molecule has 0 saturated carbocycles. The van der Waals surface area contributed by atoms with E-state index in [0.29, 0.717) is 24.7 Å². The van der Waals surface area contributed by atoms with Gasteiger partial charge in [0.25, 0.3) is 0 Å². The lowest BCUT2D eigenvalue weighted by atomic mass is 9.91. The van der Waals surface area contributed by atoms with Crippen LogP contribution in [0, 0.1) is 11.8 Å². The molecule has 26 heteroatoms. The maximum absolute atomic E-state index is 14.7. The number of aliphatic hydroxyl groups excluding tert-OH is 7. The molecule has 3 saturated heterocycles. The van der Waals surface area contributed by atoms with E-state index in [1.54, 1.807) is 0 Å². The zero-order valence-electron chi connectivity index (χ0n) is 46.8. The average Bonchev–Trinajstić information content (AvgIpc) is 4.12. The van der Waals surface area contributed by atoms with Crippen LogP contribution in [0.15, 0.2) is 24.3 Å². The summed E-state index contributed by atoms with van der Waals surface area (Å²) in [6.07, 6.45) is -7.48. The lowest BCUT2D eigenvalue weighted by molar-refractivity contribution is -0.148. The van der Waals surface area contributed by atoms with Gasteiger partial charge in [0, 0.05) is 52.4 Å². The van der Waals surface area contributed by atoms with Crippen molar-refractivity contribution in [2.24, 2.45) is 17.6 Å². The van der Waals surface area contributed by atoms with Crippen LogP contribution in [0.2, 0.25) is 0 Å². The number of phenols is 1. The second kappa shape index (κ2) is 32.8. The molecule has 0 spiro atoms. The Labute approximate surface area is 467 Å². The number of hydrogen-bond acceptors (Lipinski definition) is 18. The van der Waals surface area contributed by atoms with Gasteiger partial charge in [0.15, 0.2) is 0 Å². The summed E-state index contributed by atoms with van der Waals surface area (Å²) in [6, 6.07) is -6.60. The quantitative estimate of drug-likeness (QED) is 0.0455. The minimum Gasteiger partial charge on any atom is -0.508 e. The third-order valence-corrected chi connectivity index (χ3v) is 15.2. The molecule has 2 unspecified atom stereocenters. The number of nitrogens with zero attached hydrogens (tertiary/aromatic N) is 2. The van der Waals surface area contributed by atoms with Gasteiger partial charge in [0.05, 0.1) is 30.5 Å². The zero-order valence-corrected chi connectivity index (χ0v) is 46.8. The third-order valence-electron chi connectivity index (χ3n) is 15.2. The van der Waals surface area contributed by atoms with E-state index in [1.807, 2.05) is 0 Å². The number of carbonyl (C=O) groups is 8. The standard InChI is InChI=1S/C54H90N10O16/c1-6-29(2)25-30(3)13-11-9-7-8-10-12-14-41(72)58-36-27-40(71)48(57-23-22-56-32(5)66)62-52(78)45-39(70)20-24-63(45)54(80)43(38(69)19-21-55)60-51(77)44(47(74)46(73)33-15-17-34(67)18-16-33)61-50(76)37-26-35(68)28-64(37)53(79)42(31(4)65)59-49(36)75/h15-18,29-31,35-40,42-48,57,65,67-71,73-74H,6-14,19-28,55H2,1-5H3,(H,56,66)(H,58,72)(H,59,75)(H,60,77)(H,61,76)(H,62,78)/t29?,30?,31-,35-,36+,37+,38-,39+,40-,42+,43+,44+,45+,46+,47+,48+/m1/s1. The predicted octanol–water partition coefficient (Wildman–Crippen LogP) is -3.13. The number of hydrogen-bond donors (Lipinski definition) is 16. The highest BCUT2D eigenvalue weighted by Crippen LogP contribution is 2.27. The van der Waals surface area contributed by atoms with Gasteiger partial charge in [-0.15, -0.1) is 0 Å². The molecule has 452 valence electrons. The number of nitrogens with one attached hydrogen (secondary N) is 7. The molecule has 0 aromatic heterocycles. The van der Waals surface area contributed by atoms with Gasteiger partial charge in [-0.2, -0.15) is 0 Å². The Kier molecular flexibility index (Phi) is 27.4. The number of aromatic hydroxyl groups is 1. The number of carbonyl (C=O) groups excluding carboxylic acids is 8. The molecule has 3 fully saturated rings. The van der Waals surface area contributed by atoms with Crippen molar-refractivity contribution in [1.82, 2.24) is 47.0 Å². The van der Waals surface area contributed by atoms with E-state index in [9.17, 15) is 79.2 Å². The number of amides is 8. The Balaban J connectivity index is 1.76.